The molecule has 1 aliphatic heterocycles. The Morgan fingerprint density at radius 1 is 1.35 bits per heavy atom. The predicted octanol–water partition coefficient (Wildman–Crippen LogP) is 2.84. The van der Waals surface area contributed by atoms with Gasteiger partial charge in [-0.05, 0) is 24.3 Å². The molecular weight excluding hydrogens is 313 g/mol. The lowest BCUT2D eigenvalue weighted by molar-refractivity contribution is -0.141. The molecule has 23 heavy (non-hydrogen) atoms. The van der Waals surface area contributed by atoms with Gasteiger partial charge in [-0.15, -0.1) is 0 Å². The molecule has 0 spiro atoms. The predicted molar refractivity (Wildman–Crippen MR) is 73.2 cm³/mol. The summed E-state index contributed by atoms with van der Waals surface area (Å²) in [6, 6.07) is 6.97. The molecule has 0 radical (unpaired) electrons. The molecule has 0 bridgehead atoms. The minimum absolute atomic E-state index is 0.249. The first-order valence-electron chi connectivity index (χ1n) is 6.95. The van der Waals surface area contributed by atoms with Crippen molar-refractivity contribution in [2.75, 3.05) is 13.2 Å². The molecule has 0 aliphatic carbocycles. The highest BCUT2D eigenvalue weighted by Gasteiger charge is 2.33. The molecule has 2 aromatic rings. The SMILES string of the molecule is O=C(O[C@H]1CCOC1)c1cccc(-n2ccc(C(F)(F)F)n2)c1. The maximum absolute atomic E-state index is 12.6. The second kappa shape index (κ2) is 6.04. The van der Waals surface area contributed by atoms with Crippen molar-refractivity contribution in [2.24, 2.45) is 0 Å². The first-order chi connectivity index (χ1) is 10.9. The van der Waals surface area contributed by atoms with Gasteiger partial charge in [-0.2, -0.15) is 18.3 Å². The van der Waals surface area contributed by atoms with Gasteiger partial charge in [0.1, 0.15) is 6.10 Å². The number of carbonyl (C=O) groups excluding carboxylic acids is 1. The van der Waals surface area contributed by atoms with Gasteiger partial charge in [-0.3, -0.25) is 0 Å². The summed E-state index contributed by atoms with van der Waals surface area (Å²) >= 11 is 0. The Morgan fingerprint density at radius 3 is 2.83 bits per heavy atom. The number of aromatic nitrogens is 2. The number of alkyl halides is 3. The number of hydrogen-bond acceptors (Lipinski definition) is 4. The molecule has 0 saturated carbocycles. The van der Waals surface area contributed by atoms with E-state index >= 15 is 0 Å². The van der Waals surface area contributed by atoms with Crippen LogP contribution in [0.1, 0.15) is 22.5 Å². The topological polar surface area (TPSA) is 53.4 Å². The summed E-state index contributed by atoms with van der Waals surface area (Å²) < 4.78 is 49.2. The van der Waals surface area contributed by atoms with E-state index in [9.17, 15) is 18.0 Å². The lowest BCUT2D eigenvalue weighted by Gasteiger charge is -2.11. The third-order valence-electron chi connectivity index (χ3n) is 3.39. The molecule has 0 N–H and O–H groups in total. The van der Waals surface area contributed by atoms with Crippen molar-refractivity contribution in [3.05, 3.63) is 47.8 Å². The first kappa shape index (κ1) is 15.5. The Labute approximate surface area is 129 Å². The Morgan fingerprint density at radius 2 is 2.17 bits per heavy atom. The zero-order chi connectivity index (χ0) is 16.4. The minimum atomic E-state index is -4.51. The number of carbonyl (C=O) groups is 1. The van der Waals surface area contributed by atoms with Crippen LogP contribution in [-0.4, -0.2) is 35.1 Å². The van der Waals surface area contributed by atoms with Gasteiger partial charge in [-0.25, -0.2) is 9.48 Å². The van der Waals surface area contributed by atoms with Crippen LogP contribution in [0.15, 0.2) is 36.5 Å². The zero-order valence-electron chi connectivity index (χ0n) is 11.9. The van der Waals surface area contributed by atoms with E-state index < -0.39 is 17.8 Å². The van der Waals surface area contributed by atoms with E-state index in [2.05, 4.69) is 5.10 Å². The fourth-order valence-corrected chi connectivity index (χ4v) is 2.22. The highest BCUT2D eigenvalue weighted by molar-refractivity contribution is 5.90. The molecule has 8 heteroatoms. The zero-order valence-corrected chi connectivity index (χ0v) is 11.9. The number of hydrogen-bond donors (Lipinski definition) is 0. The lowest BCUT2D eigenvalue weighted by Crippen LogP contribution is -2.18. The number of nitrogens with zero attached hydrogens (tertiary/aromatic N) is 2. The molecular formula is C15H13F3N2O3. The molecule has 1 aromatic carbocycles. The number of ether oxygens (including phenoxy) is 2. The summed E-state index contributed by atoms with van der Waals surface area (Å²) in [5.41, 5.74) is -0.398. The maximum Gasteiger partial charge on any atom is 0.435 e. The van der Waals surface area contributed by atoms with Crippen molar-refractivity contribution >= 4 is 5.97 Å². The van der Waals surface area contributed by atoms with Gasteiger partial charge in [0.2, 0.25) is 0 Å². The molecule has 2 heterocycles. The van der Waals surface area contributed by atoms with Crippen molar-refractivity contribution in [1.82, 2.24) is 9.78 Å². The van der Waals surface area contributed by atoms with Crippen LogP contribution in [-0.2, 0) is 15.7 Å². The van der Waals surface area contributed by atoms with E-state index in [1.54, 1.807) is 12.1 Å². The van der Waals surface area contributed by atoms with E-state index in [1.807, 2.05) is 0 Å². The maximum atomic E-state index is 12.6. The van der Waals surface area contributed by atoms with Crippen LogP contribution in [0, 0.1) is 0 Å². The Kier molecular flexibility index (Phi) is 4.08. The van der Waals surface area contributed by atoms with Gasteiger partial charge in [0.15, 0.2) is 5.69 Å². The molecule has 1 aromatic heterocycles. The van der Waals surface area contributed by atoms with Crippen LogP contribution in [0.2, 0.25) is 0 Å². The number of rotatable bonds is 3. The number of benzene rings is 1. The Bertz CT molecular complexity index is 706. The van der Waals surface area contributed by atoms with Gasteiger partial charge in [-0.1, -0.05) is 6.07 Å². The summed E-state index contributed by atoms with van der Waals surface area (Å²) in [6.07, 6.45) is -2.96. The summed E-state index contributed by atoms with van der Waals surface area (Å²) in [5, 5.41) is 3.48. The van der Waals surface area contributed by atoms with Crippen molar-refractivity contribution in [2.45, 2.75) is 18.7 Å². The normalized spacial score (nSPS) is 18.1. The summed E-state index contributed by atoms with van der Waals surface area (Å²) in [5.74, 6) is -0.537. The van der Waals surface area contributed by atoms with E-state index in [-0.39, 0.29) is 11.7 Å². The summed E-state index contributed by atoms with van der Waals surface area (Å²) in [6.45, 7) is 0.908. The van der Waals surface area contributed by atoms with E-state index in [0.717, 1.165) is 10.7 Å². The standard InChI is InChI=1S/C15H13F3N2O3/c16-15(17,18)13-4-6-20(19-13)11-3-1-2-10(8-11)14(21)23-12-5-7-22-9-12/h1-4,6,8,12H,5,7,9H2/t12-/m0/s1. The third-order valence-corrected chi connectivity index (χ3v) is 3.39. The van der Waals surface area contributed by atoms with Crippen molar-refractivity contribution in [1.29, 1.82) is 0 Å². The fraction of sp³-hybridized carbons (Fsp3) is 0.333. The van der Waals surface area contributed by atoms with Crippen molar-refractivity contribution in [3.8, 4) is 5.69 Å². The molecule has 0 unspecified atom stereocenters. The Balaban J connectivity index is 1.79. The highest BCUT2D eigenvalue weighted by atomic mass is 19.4. The molecule has 5 nitrogen and oxygen atoms in total. The average Bonchev–Trinajstić information content (AvgIpc) is 3.18. The second-order valence-corrected chi connectivity index (χ2v) is 5.08. The molecule has 0 amide bonds. The van der Waals surface area contributed by atoms with Crippen LogP contribution in [0.5, 0.6) is 0 Å². The molecule has 1 saturated heterocycles. The quantitative estimate of drug-likeness (QED) is 0.814. The van der Waals surface area contributed by atoms with E-state index in [0.29, 0.717) is 25.3 Å². The Hall–Kier alpha value is -2.35. The first-order valence-corrected chi connectivity index (χ1v) is 6.95. The van der Waals surface area contributed by atoms with Gasteiger partial charge in [0.05, 0.1) is 24.5 Å². The van der Waals surface area contributed by atoms with Gasteiger partial charge < -0.3 is 9.47 Å². The van der Waals surface area contributed by atoms with Gasteiger partial charge in [0.25, 0.3) is 0 Å². The van der Waals surface area contributed by atoms with Crippen LogP contribution >= 0.6 is 0 Å². The van der Waals surface area contributed by atoms with E-state index in [4.69, 9.17) is 9.47 Å². The molecule has 3 rings (SSSR count). The molecule has 1 atom stereocenters. The van der Waals surface area contributed by atoms with E-state index in [1.165, 1.54) is 18.3 Å². The van der Waals surface area contributed by atoms with Gasteiger partial charge in [0, 0.05) is 12.6 Å². The smallest absolute Gasteiger partial charge is 0.435 e. The van der Waals surface area contributed by atoms with Gasteiger partial charge >= 0.3 is 12.1 Å². The number of esters is 1. The third kappa shape index (κ3) is 3.53. The minimum Gasteiger partial charge on any atom is -0.456 e. The summed E-state index contributed by atoms with van der Waals surface area (Å²) in [7, 11) is 0. The largest absolute Gasteiger partial charge is 0.456 e. The molecule has 1 aliphatic rings. The van der Waals surface area contributed by atoms with Crippen molar-refractivity contribution < 1.29 is 27.4 Å². The van der Waals surface area contributed by atoms with Crippen LogP contribution in [0.3, 0.4) is 0 Å². The lowest BCUT2D eigenvalue weighted by atomic mass is 10.2. The van der Waals surface area contributed by atoms with Crippen LogP contribution in [0.25, 0.3) is 5.69 Å². The number of halogens is 3. The van der Waals surface area contributed by atoms with Crippen molar-refractivity contribution in [3.63, 3.8) is 0 Å². The molecule has 122 valence electrons. The van der Waals surface area contributed by atoms with Crippen LogP contribution in [0.4, 0.5) is 13.2 Å². The summed E-state index contributed by atoms with van der Waals surface area (Å²) in [4.78, 5) is 12.1. The average molecular weight is 326 g/mol. The monoisotopic (exact) mass is 326 g/mol. The molecule has 1 fully saturated rings. The van der Waals surface area contributed by atoms with Crippen LogP contribution < -0.4 is 0 Å². The highest BCUT2D eigenvalue weighted by Crippen LogP contribution is 2.28. The fourth-order valence-electron chi connectivity index (χ4n) is 2.22. The second-order valence-electron chi connectivity index (χ2n) is 5.08.